The molecule has 1 aliphatic carbocycles. The maximum absolute atomic E-state index is 11.8. The number of methoxy groups -OCH3 is 1. The summed E-state index contributed by atoms with van der Waals surface area (Å²) in [5.41, 5.74) is 2.64. The standard InChI is InChI=1S/C18H23N5O3/c1-22(18(25)26-2)11-3-5-12(6-4-11)23-15(10-24)21-14-9-20-17-13(16(14)23)7-8-19-17/h7-9,11-12,24H,3-6,10H2,1-2H3,(H,19,20). The molecule has 1 amide bonds. The summed E-state index contributed by atoms with van der Waals surface area (Å²) in [4.78, 5) is 25.6. The van der Waals surface area contributed by atoms with Gasteiger partial charge in [-0.1, -0.05) is 0 Å². The minimum absolute atomic E-state index is 0.109. The van der Waals surface area contributed by atoms with E-state index in [4.69, 9.17) is 4.74 Å². The van der Waals surface area contributed by atoms with Crippen molar-refractivity contribution in [1.82, 2.24) is 24.4 Å². The third kappa shape index (κ3) is 2.61. The van der Waals surface area contributed by atoms with Gasteiger partial charge in [0.15, 0.2) is 0 Å². The van der Waals surface area contributed by atoms with E-state index in [1.807, 2.05) is 12.3 Å². The SMILES string of the molecule is COC(=O)N(C)C1CCC(n2c(CO)nc3cnc4[nH]ccc4c32)CC1. The Morgan fingerprint density at radius 3 is 2.88 bits per heavy atom. The predicted octanol–water partition coefficient (Wildman–Crippen LogP) is 2.59. The van der Waals surface area contributed by atoms with Crippen LogP contribution in [0.1, 0.15) is 37.5 Å². The summed E-state index contributed by atoms with van der Waals surface area (Å²) in [5, 5.41) is 10.9. The third-order valence-electron chi connectivity index (χ3n) is 5.49. The zero-order valence-electron chi connectivity index (χ0n) is 15.0. The van der Waals surface area contributed by atoms with Gasteiger partial charge in [-0.05, 0) is 31.7 Å². The topological polar surface area (TPSA) is 96.3 Å². The Balaban J connectivity index is 1.67. The van der Waals surface area contributed by atoms with E-state index in [1.165, 1.54) is 7.11 Å². The number of hydrogen-bond donors (Lipinski definition) is 2. The number of carbonyl (C=O) groups is 1. The fourth-order valence-corrected chi connectivity index (χ4v) is 4.14. The number of nitrogens with one attached hydrogen (secondary N) is 1. The molecule has 3 heterocycles. The molecule has 8 nitrogen and oxygen atoms in total. The van der Waals surface area contributed by atoms with Crippen molar-refractivity contribution in [2.45, 2.75) is 44.4 Å². The summed E-state index contributed by atoms with van der Waals surface area (Å²) < 4.78 is 6.99. The molecule has 1 aliphatic rings. The van der Waals surface area contributed by atoms with Crippen LogP contribution in [-0.4, -0.2) is 55.8 Å². The van der Waals surface area contributed by atoms with Crippen LogP contribution in [0.4, 0.5) is 4.79 Å². The van der Waals surface area contributed by atoms with Gasteiger partial charge in [0.1, 0.15) is 23.6 Å². The molecule has 3 aromatic rings. The molecule has 4 rings (SSSR count). The van der Waals surface area contributed by atoms with Crippen molar-refractivity contribution in [2.75, 3.05) is 14.2 Å². The summed E-state index contributed by atoms with van der Waals surface area (Å²) in [7, 11) is 3.20. The van der Waals surface area contributed by atoms with E-state index in [2.05, 4.69) is 19.5 Å². The molecule has 0 radical (unpaired) electrons. The maximum atomic E-state index is 11.8. The van der Waals surface area contributed by atoms with Crippen molar-refractivity contribution in [3.05, 3.63) is 24.3 Å². The van der Waals surface area contributed by atoms with Crippen LogP contribution >= 0.6 is 0 Å². The Kier molecular flexibility index (Phi) is 4.28. The first-order valence-electron chi connectivity index (χ1n) is 8.88. The molecular formula is C18H23N5O3. The number of amides is 1. The number of imidazole rings is 1. The van der Waals surface area contributed by atoms with E-state index in [-0.39, 0.29) is 24.8 Å². The summed E-state index contributed by atoms with van der Waals surface area (Å²) in [6, 6.07) is 2.42. The van der Waals surface area contributed by atoms with Crippen LogP contribution in [0.5, 0.6) is 0 Å². The van der Waals surface area contributed by atoms with Gasteiger partial charge in [0.2, 0.25) is 0 Å². The number of aromatic amines is 1. The number of rotatable bonds is 3. The number of fused-ring (bicyclic) bond motifs is 3. The Morgan fingerprint density at radius 1 is 1.42 bits per heavy atom. The zero-order chi connectivity index (χ0) is 18.3. The van der Waals surface area contributed by atoms with Crippen molar-refractivity contribution < 1.29 is 14.6 Å². The molecule has 138 valence electrons. The van der Waals surface area contributed by atoms with Gasteiger partial charge in [-0.3, -0.25) is 0 Å². The van der Waals surface area contributed by atoms with Crippen LogP contribution in [-0.2, 0) is 11.3 Å². The Bertz CT molecular complexity index is 939. The fourth-order valence-electron chi connectivity index (χ4n) is 4.14. The third-order valence-corrected chi connectivity index (χ3v) is 5.49. The van der Waals surface area contributed by atoms with Gasteiger partial charge in [0.25, 0.3) is 0 Å². The van der Waals surface area contributed by atoms with Gasteiger partial charge < -0.3 is 24.3 Å². The van der Waals surface area contributed by atoms with Crippen molar-refractivity contribution in [3.63, 3.8) is 0 Å². The minimum Gasteiger partial charge on any atom is -0.453 e. The van der Waals surface area contributed by atoms with Crippen LogP contribution in [0, 0.1) is 0 Å². The van der Waals surface area contributed by atoms with Crippen LogP contribution in [0.15, 0.2) is 18.5 Å². The van der Waals surface area contributed by atoms with E-state index >= 15 is 0 Å². The number of aliphatic hydroxyl groups excluding tert-OH is 1. The van der Waals surface area contributed by atoms with Crippen molar-refractivity contribution in [3.8, 4) is 0 Å². The molecule has 26 heavy (non-hydrogen) atoms. The van der Waals surface area contributed by atoms with Crippen LogP contribution in [0.25, 0.3) is 22.1 Å². The maximum Gasteiger partial charge on any atom is 0.409 e. The normalized spacial score (nSPS) is 20.6. The molecule has 1 fully saturated rings. The minimum atomic E-state index is -0.294. The molecular weight excluding hydrogens is 334 g/mol. The molecule has 0 spiro atoms. The largest absolute Gasteiger partial charge is 0.453 e. The summed E-state index contributed by atoms with van der Waals surface area (Å²) in [6.07, 6.45) is 6.94. The Morgan fingerprint density at radius 2 is 2.19 bits per heavy atom. The number of aromatic nitrogens is 4. The van der Waals surface area contributed by atoms with Gasteiger partial charge in [-0.25, -0.2) is 14.8 Å². The first-order chi connectivity index (χ1) is 12.6. The Hall–Kier alpha value is -2.61. The average molecular weight is 357 g/mol. The highest BCUT2D eigenvalue weighted by molar-refractivity contribution is 6.01. The summed E-state index contributed by atoms with van der Waals surface area (Å²) in [6.45, 7) is -0.109. The second kappa shape index (κ2) is 6.60. The first-order valence-corrected chi connectivity index (χ1v) is 8.88. The number of carbonyl (C=O) groups excluding carboxylic acids is 1. The van der Waals surface area contributed by atoms with Crippen molar-refractivity contribution in [1.29, 1.82) is 0 Å². The van der Waals surface area contributed by atoms with E-state index in [0.29, 0.717) is 5.82 Å². The predicted molar refractivity (Wildman–Crippen MR) is 96.8 cm³/mol. The number of aliphatic hydroxyl groups is 1. The lowest BCUT2D eigenvalue weighted by Crippen LogP contribution is -2.39. The monoisotopic (exact) mass is 357 g/mol. The van der Waals surface area contributed by atoms with Crippen molar-refractivity contribution in [2.24, 2.45) is 0 Å². The molecule has 0 saturated heterocycles. The average Bonchev–Trinajstić information content (AvgIpc) is 3.30. The number of pyridine rings is 1. The van der Waals surface area contributed by atoms with Gasteiger partial charge in [0, 0.05) is 30.7 Å². The lowest BCUT2D eigenvalue weighted by atomic mass is 9.90. The molecule has 0 bridgehead atoms. The van der Waals surface area contributed by atoms with Gasteiger partial charge in [0.05, 0.1) is 18.8 Å². The molecule has 1 saturated carbocycles. The molecule has 0 aromatic carbocycles. The molecule has 0 atom stereocenters. The number of hydrogen-bond acceptors (Lipinski definition) is 5. The van der Waals surface area contributed by atoms with Crippen LogP contribution in [0.3, 0.4) is 0 Å². The molecule has 8 heteroatoms. The number of H-pyrrole nitrogens is 1. The van der Waals surface area contributed by atoms with Gasteiger partial charge in [-0.15, -0.1) is 0 Å². The van der Waals surface area contributed by atoms with Gasteiger partial charge >= 0.3 is 6.09 Å². The highest BCUT2D eigenvalue weighted by atomic mass is 16.5. The summed E-state index contributed by atoms with van der Waals surface area (Å²) >= 11 is 0. The summed E-state index contributed by atoms with van der Waals surface area (Å²) in [5.74, 6) is 0.667. The van der Waals surface area contributed by atoms with E-state index in [0.717, 1.165) is 47.8 Å². The highest BCUT2D eigenvalue weighted by Gasteiger charge is 2.30. The van der Waals surface area contributed by atoms with E-state index in [1.54, 1.807) is 18.1 Å². The molecule has 0 aliphatic heterocycles. The second-order valence-corrected chi connectivity index (χ2v) is 6.83. The second-order valence-electron chi connectivity index (χ2n) is 6.83. The molecule has 0 unspecified atom stereocenters. The van der Waals surface area contributed by atoms with E-state index < -0.39 is 0 Å². The highest BCUT2D eigenvalue weighted by Crippen LogP contribution is 2.36. The Labute approximate surface area is 150 Å². The fraction of sp³-hybridized carbons (Fsp3) is 0.500. The molecule has 2 N–H and O–H groups in total. The van der Waals surface area contributed by atoms with Crippen LogP contribution < -0.4 is 0 Å². The first kappa shape index (κ1) is 16.8. The number of ether oxygens (including phenoxy) is 1. The van der Waals surface area contributed by atoms with Gasteiger partial charge in [-0.2, -0.15) is 0 Å². The lowest BCUT2D eigenvalue weighted by Gasteiger charge is -2.35. The zero-order valence-corrected chi connectivity index (χ0v) is 15.0. The van der Waals surface area contributed by atoms with E-state index in [9.17, 15) is 9.90 Å². The lowest BCUT2D eigenvalue weighted by molar-refractivity contribution is 0.102. The number of nitrogens with zero attached hydrogens (tertiary/aromatic N) is 4. The quantitative estimate of drug-likeness (QED) is 0.751. The molecule has 3 aromatic heterocycles. The van der Waals surface area contributed by atoms with Crippen LogP contribution in [0.2, 0.25) is 0 Å². The smallest absolute Gasteiger partial charge is 0.409 e. The van der Waals surface area contributed by atoms with Crippen molar-refractivity contribution >= 4 is 28.2 Å².